The first-order valence-corrected chi connectivity index (χ1v) is 4.72. The lowest BCUT2D eigenvalue weighted by Crippen LogP contribution is -1.93. The van der Waals surface area contributed by atoms with Gasteiger partial charge in [-0.3, -0.25) is 0 Å². The molecule has 2 N–H and O–H groups in total. The van der Waals surface area contributed by atoms with Crippen molar-refractivity contribution in [3.8, 4) is 0 Å². The van der Waals surface area contributed by atoms with Gasteiger partial charge < -0.3 is 10.3 Å². The van der Waals surface area contributed by atoms with Gasteiger partial charge in [0.05, 0.1) is 0 Å². The lowest BCUT2D eigenvalue weighted by atomic mass is 10.7. The van der Waals surface area contributed by atoms with Gasteiger partial charge in [0, 0.05) is 12.7 Å². The van der Waals surface area contributed by atoms with Crippen molar-refractivity contribution in [3.63, 3.8) is 0 Å². The Bertz CT molecular complexity index is 232. The molecule has 1 aromatic rings. The molecule has 0 saturated carbocycles. The molecule has 0 aromatic carbocycles. The van der Waals surface area contributed by atoms with E-state index in [1.165, 1.54) is 0 Å². The normalized spacial score (nSPS) is 10.4. The molecule has 1 heterocycles. The minimum Gasteiger partial charge on any atom is -0.382 e. The fourth-order valence-electron chi connectivity index (χ4n) is 0.889. The van der Waals surface area contributed by atoms with Crippen LogP contribution in [0.3, 0.4) is 0 Å². The summed E-state index contributed by atoms with van der Waals surface area (Å²) in [6, 6.07) is 0. The molecule has 4 heteroatoms. The Morgan fingerprint density at radius 3 is 2.91 bits per heavy atom. The number of aryl methyl sites for hydroxylation is 1. The lowest BCUT2D eigenvalue weighted by molar-refractivity contribution is 0.681. The van der Waals surface area contributed by atoms with E-state index in [9.17, 15) is 0 Å². The Labute approximate surface area is 71.0 Å². The molecule has 0 radical (unpaired) electrons. The van der Waals surface area contributed by atoms with Crippen molar-refractivity contribution in [2.75, 3.05) is 11.5 Å². The Morgan fingerprint density at radius 2 is 2.36 bits per heavy atom. The minimum absolute atomic E-state index is 0.614. The number of nitrogen functional groups attached to an aromatic ring is 1. The summed E-state index contributed by atoms with van der Waals surface area (Å²) >= 11 is 1.72. The molecular weight excluding hydrogens is 158 g/mol. The fraction of sp³-hybridized carbons (Fsp3) is 0.571. The molecule has 0 amide bonds. The highest BCUT2D eigenvalue weighted by molar-refractivity contribution is 7.99. The van der Waals surface area contributed by atoms with Gasteiger partial charge in [0.2, 0.25) is 0 Å². The molecule has 0 unspecified atom stereocenters. The predicted molar refractivity (Wildman–Crippen MR) is 48.7 cm³/mol. The summed E-state index contributed by atoms with van der Waals surface area (Å²) in [4.78, 5) is 4.17. The Kier molecular flexibility index (Phi) is 2.82. The lowest BCUT2D eigenvalue weighted by Gasteiger charge is -1.99. The Hall–Kier alpha value is -0.640. The molecule has 0 aliphatic carbocycles. The maximum atomic E-state index is 5.54. The first-order valence-electron chi connectivity index (χ1n) is 3.73. The van der Waals surface area contributed by atoms with Crippen LogP contribution < -0.4 is 5.73 Å². The SMILES string of the molecule is CCSc1nc(N)cn1CC. The number of hydrogen-bond donors (Lipinski definition) is 1. The third kappa shape index (κ3) is 1.89. The Balaban J connectivity index is 2.83. The van der Waals surface area contributed by atoms with Crippen molar-refractivity contribution < 1.29 is 0 Å². The highest BCUT2D eigenvalue weighted by Gasteiger charge is 2.02. The van der Waals surface area contributed by atoms with E-state index in [0.29, 0.717) is 5.82 Å². The van der Waals surface area contributed by atoms with Gasteiger partial charge >= 0.3 is 0 Å². The summed E-state index contributed by atoms with van der Waals surface area (Å²) < 4.78 is 2.06. The van der Waals surface area contributed by atoms with Crippen LogP contribution in [0.2, 0.25) is 0 Å². The summed E-state index contributed by atoms with van der Waals surface area (Å²) in [7, 11) is 0. The first-order chi connectivity index (χ1) is 5.27. The van der Waals surface area contributed by atoms with Crippen LogP contribution in [0.15, 0.2) is 11.4 Å². The second-order valence-corrected chi connectivity index (χ2v) is 3.40. The summed E-state index contributed by atoms with van der Waals surface area (Å²) in [6.45, 7) is 5.13. The summed E-state index contributed by atoms with van der Waals surface area (Å²) in [5.41, 5.74) is 5.54. The molecule has 11 heavy (non-hydrogen) atoms. The topological polar surface area (TPSA) is 43.8 Å². The largest absolute Gasteiger partial charge is 0.382 e. The molecule has 3 nitrogen and oxygen atoms in total. The van der Waals surface area contributed by atoms with Gasteiger partial charge in [0.1, 0.15) is 5.82 Å². The zero-order valence-corrected chi connectivity index (χ0v) is 7.69. The molecule has 0 atom stereocenters. The van der Waals surface area contributed by atoms with E-state index >= 15 is 0 Å². The Morgan fingerprint density at radius 1 is 1.64 bits per heavy atom. The van der Waals surface area contributed by atoms with Gasteiger partial charge in [0.25, 0.3) is 0 Å². The van der Waals surface area contributed by atoms with Crippen molar-refractivity contribution >= 4 is 17.6 Å². The van der Waals surface area contributed by atoms with E-state index < -0.39 is 0 Å². The second-order valence-electron chi connectivity index (χ2n) is 2.17. The smallest absolute Gasteiger partial charge is 0.170 e. The maximum absolute atomic E-state index is 5.54. The number of hydrogen-bond acceptors (Lipinski definition) is 3. The predicted octanol–water partition coefficient (Wildman–Crippen LogP) is 1.60. The van der Waals surface area contributed by atoms with Gasteiger partial charge in [-0.2, -0.15) is 0 Å². The van der Waals surface area contributed by atoms with E-state index in [1.54, 1.807) is 11.8 Å². The highest BCUT2D eigenvalue weighted by Crippen LogP contribution is 2.17. The zero-order valence-electron chi connectivity index (χ0n) is 6.87. The van der Waals surface area contributed by atoms with Gasteiger partial charge in [-0.25, -0.2) is 4.98 Å². The molecule has 0 aliphatic rings. The molecule has 0 aliphatic heterocycles. The van der Waals surface area contributed by atoms with E-state index in [2.05, 4.69) is 23.4 Å². The molecule has 0 spiro atoms. The number of anilines is 1. The monoisotopic (exact) mass is 171 g/mol. The number of nitrogens with zero attached hydrogens (tertiary/aromatic N) is 2. The first kappa shape index (κ1) is 8.46. The summed E-state index contributed by atoms with van der Waals surface area (Å²) in [5, 5.41) is 1.02. The van der Waals surface area contributed by atoms with Crippen molar-refractivity contribution in [1.82, 2.24) is 9.55 Å². The van der Waals surface area contributed by atoms with Gasteiger partial charge in [0.15, 0.2) is 5.16 Å². The van der Waals surface area contributed by atoms with Crippen LogP contribution in [0.4, 0.5) is 5.82 Å². The number of thioether (sulfide) groups is 1. The third-order valence-electron chi connectivity index (χ3n) is 1.37. The quantitative estimate of drug-likeness (QED) is 0.702. The van der Waals surface area contributed by atoms with Gasteiger partial charge in [-0.1, -0.05) is 18.7 Å². The van der Waals surface area contributed by atoms with Gasteiger partial charge in [-0.05, 0) is 12.7 Å². The second kappa shape index (κ2) is 3.67. The molecular formula is C7H13N3S. The van der Waals surface area contributed by atoms with E-state index in [1.807, 2.05) is 6.20 Å². The van der Waals surface area contributed by atoms with E-state index in [4.69, 9.17) is 5.73 Å². The standard InChI is InChI=1S/C7H13N3S/c1-3-10-5-6(8)9-7(10)11-4-2/h5H,3-4,8H2,1-2H3. The average molecular weight is 171 g/mol. The van der Waals surface area contributed by atoms with Crippen molar-refractivity contribution in [1.29, 1.82) is 0 Å². The van der Waals surface area contributed by atoms with E-state index in [0.717, 1.165) is 17.5 Å². The maximum Gasteiger partial charge on any atom is 0.170 e. The van der Waals surface area contributed by atoms with Crippen molar-refractivity contribution in [2.45, 2.75) is 25.5 Å². The van der Waals surface area contributed by atoms with Crippen LogP contribution in [0, 0.1) is 0 Å². The molecule has 1 aromatic heterocycles. The summed E-state index contributed by atoms with van der Waals surface area (Å²) in [6.07, 6.45) is 1.87. The number of nitrogens with two attached hydrogens (primary N) is 1. The summed E-state index contributed by atoms with van der Waals surface area (Å²) in [5.74, 6) is 1.65. The molecule has 0 bridgehead atoms. The minimum atomic E-state index is 0.614. The van der Waals surface area contributed by atoms with Gasteiger partial charge in [-0.15, -0.1) is 0 Å². The average Bonchev–Trinajstić information content (AvgIpc) is 2.32. The van der Waals surface area contributed by atoms with Crippen molar-refractivity contribution in [3.05, 3.63) is 6.20 Å². The fourth-order valence-corrected chi connectivity index (χ4v) is 1.67. The van der Waals surface area contributed by atoms with Crippen molar-refractivity contribution in [2.24, 2.45) is 0 Å². The zero-order chi connectivity index (χ0) is 8.27. The van der Waals surface area contributed by atoms with Crippen LogP contribution in [-0.2, 0) is 6.54 Å². The molecule has 0 fully saturated rings. The van der Waals surface area contributed by atoms with Crippen LogP contribution in [0.1, 0.15) is 13.8 Å². The van der Waals surface area contributed by atoms with Crippen LogP contribution in [0.25, 0.3) is 0 Å². The third-order valence-corrected chi connectivity index (χ3v) is 2.25. The van der Waals surface area contributed by atoms with Crippen LogP contribution in [-0.4, -0.2) is 15.3 Å². The van der Waals surface area contributed by atoms with Crippen LogP contribution in [0.5, 0.6) is 0 Å². The van der Waals surface area contributed by atoms with Crippen LogP contribution >= 0.6 is 11.8 Å². The molecule has 0 saturated heterocycles. The molecule has 62 valence electrons. The molecule has 1 rings (SSSR count). The number of aromatic nitrogens is 2. The number of imidazole rings is 1. The number of rotatable bonds is 3. The highest BCUT2D eigenvalue weighted by atomic mass is 32.2. The van der Waals surface area contributed by atoms with E-state index in [-0.39, 0.29) is 0 Å².